The normalized spacial score (nSPS) is 16.9. The lowest BCUT2D eigenvalue weighted by molar-refractivity contribution is -0.132. The minimum atomic E-state index is -0.906. The summed E-state index contributed by atoms with van der Waals surface area (Å²) >= 11 is 0. The number of amides is 1. The predicted octanol–water partition coefficient (Wildman–Crippen LogP) is 6.80. The van der Waals surface area contributed by atoms with E-state index in [4.69, 9.17) is 14.2 Å². The first-order valence-corrected chi connectivity index (χ1v) is 13.5. The molecule has 1 atom stereocenters. The van der Waals surface area contributed by atoms with Crippen LogP contribution in [0.3, 0.4) is 0 Å². The van der Waals surface area contributed by atoms with Crippen LogP contribution in [0.15, 0.2) is 72.3 Å². The van der Waals surface area contributed by atoms with Crippen molar-refractivity contribution in [1.29, 1.82) is 0 Å². The van der Waals surface area contributed by atoms with Gasteiger partial charge in [0.25, 0.3) is 11.7 Å². The number of anilines is 1. The summed E-state index contributed by atoms with van der Waals surface area (Å²) in [5, 5.41) is 11.8. The zero-order valence-electron chi connectivity index (χ0n) is 24.1. The van der Waals surface area contributed by atoms with Gasteiger partial charge in [0.1, 0.15) is 23.0 Å². The fraction of sp³-hybridized carbons (Fsp3) is 0.333. The molecule has 0 aromatic heterocycles. The number of ether oxygens (including phenoxy) is 3. The van der Waals surface area contributed by atoms with E-state index < -0.39 is 17.7 Å². The van der Waals surface area contributed by atoms with Crippen molar-refractivity contribution in [3.63, 3.8) is 0 Å². The Balaban J connectivity index is 1.96. The van der Waals surface area contributed by atoms with Crippen LogP contribution in [0, 0.1) is 0 Å². The van der Waals surface area contributed by atoms with Crippen LogP contribution < -0.4 is 19.1 Å². The minimum absolute atomic E-state index is 0.0232. The van der Waals surface area contributed by atoms with Gasteiger partial charge in [0, 0.05) is 5.69 Å². The van der Waals surface area contributed by atoms with Crippen molar-refractivity contribution in [2.75, 3.05) is 18.6 Å². The van der Waals surface area contributed by atoms with E-state index in [2.05, 4.69) is 20.8 Å². The van der Waals surface area contributed by atoms with Gasteiger partial charge in [-0.2, -0.15) is 0 Å². The Hall–Kier alpha value is -4.26. The van der Waals surface area contributed by atoms with E-state index in [1.807, 2.05) is 51.1 Å². The SMILES string of the molecule is CCOc1ccc(N2C(=O)C(=O)/C(=C(/O)c3cc(C(C)(C)C)ccc3OC)C2c2cccc(OC(C)C)c2)cc1. The number of carbonyl (C=O) groups excluding carboxylic acids is 2. The number of hydrogen-bond donors (Lipinski definition) is 1. The van der Waals surface area contributed by atoms with Crippen molar-refractivity contribution in [1.82, 2.24) is 0 Å². The first-order chi connectivity index (χ1) is 19.0. The number of nitrogens with zero attached hydrogens (tertiary/aromatic N) is 1. The second-order valence-electron chi connectivity index (χ2n) is 11.0. The molecular weight excluding hydrogens is 506 g/mol. The molecule has 0 aliphatic carbocycles. The molecule has 1 saturated heterocycles. The van der Waals surface area contributed by atoms with Crippen LogP contribution in [-0.2, 0) is 15.0 Å². The third-order valence-corrected chi connectivity index (χ3v) is 6.74. The zero-order valence-corrected chi connectivity index (χ0v) is 24.1. The van der Waals surface area contributed by atoms with Crippen LogP contribution in [0.4, 0.5) is 5.69 Å². The number of Topliss-reactive ketones (excluding diaryl/α,β-unsaturated/α-hetero) is 1. The second kappa shape index (κ2) is 11.5. The Bertz CT molecular complexity index is 1430. The highest BCUT2D eigenvalue weighted by molar-refractivity contribution is 6.51. The maximum absolute atomic E-state index is 13.7. The molecule has 0 radical (unpaired) electrons. The molecule has 210 valence electrons. The minimum Gasteiger partial charge on any atom is -0.507 e. The summed E-state index contributed by atoms with van der Waals surface area (Å²) in [5.41, 5.74) is 2.17. The summed E-state index contributed by atoms with van der Waals surface area (Å²) in [5.74, 6) is -0.178. The molecule has 1 aliphatic heterocycles. The van der Waals surface area contributed by atoms with Gasteiger partial charge in [0.05, 0.1) is 37.0 Å². The van der Waals surface area contributed by atoms with Gasteiger partial charge in [-0.05, 0) is 85.8 Å². The topological polar surface area (TPSA) is 85.3 Å². The molecule has 1 N–H and O–H groups in total. The zero-order chi connectivity index (χ0) is 29.2. The lowest BCUT2D eigenvalue weighted by atomic mass is 9.85. The van der Waals surface area contributed by atoms with Gasteiger partial charge >= 0.3 is 0 Å². The smallest absolute Gasteiger partial charge is 0.300 e. The fourth-order valence-electron chi connectivity index (χ4n) is 4.82. The van der Waals surface area contributed by atoms with E-state index in [-0.39, 0.29) is 22.9 Å². The van der Waals surface area contributed by atoms with Crippen LogP contribution in [0.1, 0.15) is 64.3 Å². The molecule has 7 heteroatoms. The standard InChI is InChI=1S/C33H37NO6/c1-8-39-24-15-13-23(14-16-24)34-29(21-10-9-11-25(18-21)40-20(2)3)28(31(36)32(34)37)30(35)26-19-22(33(4,5)6)12-17-27(26)38-7/h9-20,29,35H,8H2,1-7H3/b30-28+. The van der Waals surface area contributed by atoms with E-state index in [0.717, 1.165) is 5.56 Å². The van der Waals surface area contributed by atoms with Gasteiger partial charge in [-0.1, -0.05) is 39.0 Å². The number of methoxy groups -OCH3 is 1. The summed E-state index contributed by atoms with van der Waals surface area (Å²) in [7, 11) is 1.51. The summed E-state index contributed by atoms with van der Waals surface area (Å²) in [6.07, 6.45) is -0.0721. The van der Waals surface area contributed by atoms with Crippen molar-refractivity contribution in [2.45, 2.75) is 59.1 Å². The molecule has 3 aromatic carbocycles. The molecular formula is C33H37NO6. The highest BCUT2D eigenvalue weighted by Crippen LogP contribution is 2.44. The maximum Gasteiger partial charge on any atom is 0.300 e. The average Bonchev–Trinajstić information content (AvgIpc) is 3.18. The van der Waals surface area contributed by atoms with Crippen LogP contribution in [0.5, 0.6) is 17.2 Å². The largest absolute Gasteiger partial charge is 0.507 e. The van der Waals surface area contributed by atoms with E-state index in [1.165, 1.54) is 12.0 Å². The molecule has 0 bridgehead atoms. The Morgan fingerprint density at radius 3 is 2.27 bits per heavy atom. The van der Waals surface area contributed by atoms with Crippen LogP contribution >= 0.6 is 0 Å². The number of benzene rings is 3. The van der Waals surface area contributed by atoms with E-state index in [0.29, 0.717) is 40.7 Å². The summed E-state index contributed by atoms with van der Waals surface area (Å²) in [6.45, 7) is 12.4. The molecule has 1 amide bonds. The third-order valence-electron chi connectivity index (χ3n) is 6.74. The molecule has 7 nitrogen and oxygen atoms in total. The Labute approximate surface area is 236 Å². The molecule has 1 aliphatic rings. The molecule has 3 aromatic rings. The highest BCUT2D eigenvalue weighted by Gasteiger charge is 2.47. The fourth-order valence-corrected chi connectivity index (χ4v) is 4.82. The quantitative estimate of drug-likeness (QED) is 0.191. The van der Waals surface area contributed by atoms with Crippen molar-refractivity contribution < 1.29 is 28.9 Å². The first-order valence-electron chi connectivity index (χ1n) is 13.5. The molecule has 1 fully saturated rings. The van der Waals surface area contributed by atoms with Gasteiger partial charge in [-0.3, -0.25) is 14.5 Å². The van der Waals surface area contributed by atoms with Crippen LogP contribution in [0.2, 0.25) is 0 Å². The average molecular weight is 544 g/mol. The number of carbonyl (C=O) groups is 2. The molecule has 0 spiro atoms. The molecule has 0 saturated carbocycles. The second-order valence-corrected chi connectivity index (χ2v) is 11.0. The summed E-state index contributed by atoms with van der Waals surface area (Å²) in [4.78, 5) is 28.7. The lowest BCUT2D eigenvalue weighted by Crippen LogP contribution is -2.29. The van der Waals surface area contributed by atoms with Gasteiger partial charge in [0.15, 0.2) is 0 Å². The number of rotatable bonds is 8. The number of aliphatic hydroxyl groups is 1. The van der Waals surface area contributed by atoms with Gasteiger partial charge in [0.2, 0.25) is 0 Å². The number of aliphatic hydroxyl groups excluding tert-OH is 1. The number of hydrogen-bond acceptors (Lipinski definition) is 6. The monoisotopic (exact) mass is 543 g/mol. The number of ketones is 1. The predicted molar refractivity (Wildman–Crippen MR) is 156 cm³/mol. The third kappa shape index (κ3) is 5.69. The Morgan fingerprint density at radius 1 is 0.975 bits per heavy atom. The first kappa shape index (κ1) is 28.7. The van der Waals surface area contributed by atoms with E-state index >= 15 is 0 Å². The Morgan fingerprint density at radius 2 is 1.68 bits per heavy atom. The van der Waals surface area contributed by atoms with Crippen molar-refractivity contribution in [2.24, 2.45) is 0 Å². The molecule has 4 rings (SSSR count). The van der Waals surface area contributed by atoms with Crippen LogP contribution in [-0.4, -0.2) is 36.6 Å². The van der Waals surface area contributed by atoms with Crippen molar-refractivity contribution in [3.05, 3.63) is 89.0 Å². The van der Waals surface area contributed by atoms with Crippen molar-refractivity contribution >= 4 is 23.1 Å². The molecule has 40 heavy (non-hydrogen) atoms. The Kier molecular flexibility index (Phi) is 8.24. The highest BCUT2D eigenvalue weighted by atomic mass is 16.5. The van der Waals surface area contributed by atoms with E-state index in [9.17, 15) is 14.7 Å². The lowest BCUT2D eigenvalue weighted by Gasteiger charge is -2.26. The van der Waals surface area contributed by atoms with Gasteiger partial charge in [-0.15, -0.1) is 0 Å². The maximum atomic E-state index is 13.7. The summed E-state index contributed by atoms with van der Waals surface area (Å²) < 4.78 is 17.1. The molecule has 1 unspecified atom stereocenters. The van der Waals surface area contributed by atoms with Gasteiger partial charge in [-0.25, -0.2) is 0 Å². The van der Waals surface area contributed by atoms with Crippen LogP contribution in [0.25, 0.3) is 5.76 Å². The van der Waals surface area contributed by atoms with Gasteiger partial charge < -0.3 is 19.3 Å². The van der Waals surface area contributed by atoms with E-state index in [1.54, 1.807) is 36.4 Å². The molecule has 1 heterocycles. The summed E-state index contributed by atoms with van der Waals surface area (Å²) in [6, 6.07) is 18.8. The van der Waals surface area contributed by atoms with Crippen molar-refractivity contribution in [3.8, 4) is 17.2 Å².